The molecule has 156 valence electrons. The van der Waals surface area contributed by atoms with Crippen LogP contribution in [0.4, 0.5) is 10.3 Å². The van der Waals surface area contributed by atoms with Crippen LogP contribution in [0.3, 0.4) is 0 Å². The molecule has 1 saturated heterocycles. The van der Waals surface area contributed by atoms with Crippen LogP contribution in [0.15, 0.2) is 41.6 Å². The summed E-state index contributed by atoms with van der Waals surface area (Å²) in [6, 6.07) is 4.72. The summed E-state index contributed by atoms with van der Waals surface area (Å²) >= 11 is 0. The molecule has 1 aliphatic rings. The Hall–Kier alpha value is -2.59. The van der Waals surface area contributed by atoms with E-state index >= 15 is 0 Å². The molecule has 1 fully saturated rings. The normalized spacial score (nSPS) is 17.8. The van der Waals surface area contributed by atoms with E-state index in [-0.39, 0.29) is 16.8 Å². The van der Waals surface area contributed by atoms with Gasteiger partial charge in [-0.1, -0.05) is 6.07 Å². The minimum absolute atomic E-state index is 0.0704. The molecule has 0 unspecified atom stereocenters. The third-order valence-corrected chi connectivity index (χ3v) is 7.00. The van der Waals surface area contributed by atoms with Crippen molar-refractivity contribution in [3.05, 3.63) is 48.0 Å². The lowest BCUT2D eigenvalue weighted by Crippen LogP contribution is -2.38. The Morgan fingerprint density at radius 1 is 1.24 bits per heavy atom. The van der Waals surface area contributed by atoms with Crippen LogP contribution in [0, 0.1) is 5.82 Å². The Labute approximate surface area is 169 Å². The van der Waals surface area contributed by atoms with Gasteiger partial charge in [0.1, 0.15) is 5.82 Å². The lowest BCUT2D eigenvalue weighted by molar-refractivity contribution is 0.0759. The summed E-state index contributed by atoms with van der Waals surface area (Å²) in [6.45, 7) is 0.942. The van der Waals surface area contributed by atoms with Crippen molar-refractivity contribution < 1.29 is 17.6 Å². The van der Waals surface area contributed by atoms with E-state index in [0.29, 0.717) is 43.9 Å². The number of amides is 1. The quantitative estimate of drug-likeness (QED) is 0.793. The molecule has 29 heavy (non-hydrogen) atoms. The summed E-state index contributed by atoms with van der Waals surface area (Å²) < 4.78 is 40.5. The molecule has 1 aliphatic heterocycles. The lowest BCUT2D eigenvalue weighted by atomic mass is 10.1. The fraction of sp³-hybridized carbons (Fsp3) is 0.421. The Morgan fingerprint density at radius 3 is 2.62 bits per heavy atom. The monoisotopic (exact) mass is 421 g/mol. The first kappa shape index (κ1) is 21.1. The highest BCUT2D eigenvalue weighted by Crippen LogP contribution is 2.24. The maximum Gasteiger partial charge on any atom is 0.256 e. The Bertz CT molecular complexity index is 968. The molecule has 0 spiro atoms. The molecule has 0 aliphatic carbocycles. The Balaban J connectivity index is 1.69. The van der Waals surface area contributed by atoms with Gasteiger partial charge < -0.3 is 10.2 Å². The first-order chi connectivity index (χ1) is 13.8. The van der Waals surface area contributed by atoms with E-state index < -0.39 is 15.8 Å². The van der Waals surface area contributed by atoms with Crippen LogP contribution in [0.1, 0.15) is 29.6 Å². The van der Waals surface area contributed by atoms with Crippen LogP contribution < -0.4 is 5.32 Å². The van der Waals surface area contributed by atoms with Gasteiger partial charge in [0.25, 0.3) is 5.91 Å². The second-order valence-electron chi connectivity index (χ2n) is 6.90. The van der Waals surface area contributed by atoms with Crippen molar-refractivity contribution in [2.75, 3.05) is 32.5 Å². The molecule has 1 atom stereocenters. The Kier molecular flexibility index (Phi) is 6.43. The van der Waals surface area contributed by atoms with Crippen LogP contribution >= 0.6 is 0 Å². The van der Waals surface area contributed by atoms with Crippen LogP contribution in [0.5, 0.6) is 0 Å². The zero-order valence-electron chi connectivity index (χ0n) is 16.4. The standard InChI is InChI=1S/C19H24FN5O3S/c1-21-19-22-12-14(13-23-19)18(26)25-9-4-6-16(8-10-25)24(2)29(27,28)17-7-3-5-15(20)11-17/h3,5,7,11-13,16H,4,6,8-10H2,1-2H3,(H,21,22,23)/t16-/m1/s1. The zero-order chi connectivity index (χ0) is 21.0. The molecule has 10 heteroatoms. The molecular weight excluding hydrogens is 397 g/mol. The predicted octanol–water partition coefficient (Wildman–Crippen LogP) is 1.97. The van der Waals surface area contributed by atoms with Gasteiger partial charge in [-0.05, 0) is 37.5 Å². The van der Waals surface area contributed by atoms with Gasteiger partial charge in [0, 0.05) is 45.6 Å². The average Bonchev–Trinajstić information content (AvgIpc) is 2.99. The van der Waals surface area contributed by atoms with Gasteiger partial charge >= 0.3 is 0 Å². The van der Waals surface area contributed by atoms with Crippen molar-refractivity contribution in [1.29, 1.82) is 0 Å². The number of nitrogens with zero attached hydrogens (tertiary/aromatic N) is 4. The summed E-state index contributed by atoms with van der Waals surface area (Å²) in [4.78, 5) is 22.5. The van der Waals surface area contributed by atoms with Crippen LogP contribution in [0.25, 0.3) is 0 Å². The molecule has 8 nitrogen and oxygen atoms in total. The number of anilines is 1. The van der Waals surface area contributed by atoms with Gasteiger partial charge in [-0.2, -0.15) is 4.31 Å². The fourth-order valence-corrected chi connectivity index (χ4v) is 4.83. The van der Waals surface area contributed by atoms with Crippen molar-refractivity contribution in [1.82, 2.24) is 19.2 Å². The lowest BCUT2D eigenvalue weighted by Gasteiger charge is -2.26. The molecule has 1 aromatic heterocycles. The molecular formula is C19H24FN5O3S. The minimum atomic E-state index is -3.81. The summed E-state index contributed by atoms with van der Waals surface area (Å²) in [5, 5.41) is 2.80. The number of aromatic nitrogens is 2. The number of rotatable bonds is 5. The number of sulfonamides is 1. The van der Waals surface area contributed by atoms with Gasteiger partial charge in [-0.25, -0.2) is 22.8 Å². The Morgan fingerprint density at radius 2 is 1.97 bits per heavy atom. The van der Waals surface area contributed by atoms with Crippen molar-refractivity contribution in [2.45, 2.75) is 30.2 Å². The van der Waals surface area contributed by atoms with Gasteiger partial charge in [0.05, 0.1) is 10.5 Å². The van der Waals surface area contributed by atoms with Gasteiger partial charge in [0.15, 0.2) is 0 Å². The maximum absolute atomic E-state index is 13.5. The highest BCUT2D eigenvalue weighted by Gasteiger charge is 2.31. The topological polar surface area (TPSA) is 95.5 Å². The van der Waals surface area contributed by atoms with E-state index in [2.05, 4.69) is 15.3 Å². The molecule has 1 aromatic carbocycles. The van der Waals surface area contributed by atoms with Crippen molar-refractivity contribution in [2.24, 2.45) is 0 Å². The average molecular weight is 421 g/mol. The molecule has 2 heterocycles. The SMILES string of the molecule is CNc1ncc(C(=O)N2CCC[C@@H](N(C)S(=O)(=O)c3cccc(F)c3)CC2)cn1. The van der Waals surface area contributed by atoms with Crippen molar-refractivity contribution in [3.8, 4) is 0 Å². The highest BCUT2D eigenvalue weighted by molar-refractivity contribution is 7.89. The second-order valence-corrected chi connectivity index (χ2v) is 8.90. The number of likely N-dealkylation sites (tertiary alicyclic amines) is 1. The summed E-state index contributed by atoms with van der Waals surface area (Å²) in [6.07, 6.45) is 4.72. The number of hydrogen-bond acceptors (Lipinski definition) is 6. The number of carbonyl (C=O) groups excluding carboxylic acids is 1. The maximum atomic E-state index is 13.5. The summed E-state index contributed by atoms with van der Waals surface area (Å²) in [5.41, 5.74) is 0.392. The largest absolute Gasteiger partial charge is 0.357 e. The smallest absolute Gasteiger partial charge is 0.256 e. The molecule has 3 rings (SSSR count). The predicted molar refractivity (Wildman–Crippen MR) is 106 cm³/mol. The third kappa shape index (κ3) is 4.70. The molecule has 2 aromatic rings. The molecule has 0 radical (unpaired) electrons. The summed E-state index contributed by atoms with van der Waals surface area (Å²) in [5.74, 6) is -0.339. The number of halogens is 1. The highest BCUT2D eigenvalue weighted by atomic mass is 32.2. The van der Waals surface area contributed by atoms with Crippen molar-refractivity contribution >= 4 is 21.9 Å². The minimum Gasteiger partial charge on any atom is -0.357 e. The molecule has 0 bridgehead atoms. The number of carbonyl (C=O) groups is 1. The number of nitrogens with one attached hydrogen (secondary N) is 1. The zero-order valence-corrected chi connectivity index (χ0v) is 17.2. The van der Waals surface area contributed by atoms with Gasteiger partial charge in [0.2, 0.25) is 16.0 Å². The van der Waals surface area contributed by atoms with E-state index in [9.17, 15) is 17.6 Å². The van der Waals surface area contributed by atoms with E-state index in [1.807, 2.05) is 0 Å². The van der Waals surface area contributed by atoms with E-state index in [4.69, 9.17) is 0 Å². The van der Waals surface area contributed by atoms with E-state index in [0.717, 1.165) is 6.07 Å². The third-order valence-electron chi connectivity index (χ3n) is 5.09. The van der Waals surface area contributed by atoms with Crippen LogP contribution in [0.2, 0.25) is 0 Å². The van der Waals surface area contributed by atoms with Gasteiger partial charge in [-0.3, -0.25) is 4.79 Å². The second kappa shape index (κ2) is 8.83. The fourth-order valence-electron chi connectivity index (χ4n) is 3.39. The number of benzene rings is 1. The van der Waals surface area contributed by atoms with E-state index in [1.54, 1.807) is 11.9 Å². The first-order valence-electron chi connectivity index (χ1n) is 9.35. The molecule has 1 amide bonds. The summed E-state index contributed by atoms with van der Waals surface area (Å²) in [7, 11) is -0.611. The van der Waals surface area contributed by atoms with Crippen LogP contribution in [-0.2, 0) is 10.0 Å². The molecule has 0 saturated carbocycles. The number of hydrogen-bond donors (Lipinski definition) is 1. The van der Waals surface area contributed by atoms with E-state index in [1.165, 1.54) is 41.9 Å². The van der Waals surface area contributed by atoms with Crippen LogP contribution in [-0.4, -0.2) is 66.7 Å². The molecule has 1 N–H and O–H groups in total. The van der Waals surface area contributed by atoms with Gasteiger partial charge in [-0.15, -0.1) is 0 Å². The van der Waals surface area contributed by atoms with Crippen molar-refractivity contribution in [3.63, 3.8) is 0 Å². The first-order valence-corrected chi connectivity index (χ1v) is 10.8.